The van der Waals surface area contributed by atoms with Gasteiger partial charge < -0.3 is 14.4 Å². The second-order valence-corrected chi connectivity index (χ2v) is 7.98. The first-order chi connectivity index (χ1) is 16.7. The summed E-state index contributed by atoms with van der Waals surface area (Å²) in [7, 11) is 1.64. The van der Waals surface area contributed by atoms with Gasteiger partial charge in [-0.1, -0.05) is 5.92 Å². The summed E-state index contributed by atoms with van der Waals surface area (Å²) >= 11 is 0. The van der Waals surface area contributed by atoms with Crippen LogP contribution in [0.25, 0.3) is 16.8 Å². The summed E-state index contributed by atoms with van der Waals surface area (Å²) in [5, 5.41) is 0. The van der Waals surface area contributed by atoms with Crippen molar-refractivity contribution in [2.75, 3.05) is 13.7 Å². The quantitative estimate of drug-likeness (QED) is 0.404. The number of imidazole rings is 1. The number of rotatable bonds is 5. The van der Waals surface area contributed by atoms with E-state index in [2.05, 4.69) is 16.8 Å². The molecule has 2 aromatic heterocycles. The Bertz CT molecular complexity index is 1380. The Labute approximate surface area is 198 Å². The van der Waals surface area contributed by atoms with Crippen LogP contribution in [-0.4, -0.2) is 38.8 Å². The highest BCUT2D eigenvalue weighted by molar-refractivity contribution is 5.94. The second kappa shape index (κ2) is 9.28. The van der Waals surface area contributed by atoms with E-state index >= 15 is 0 Å². The molecule has 1 saturated heterocycles. The highest BCUT2D eigenvalue weighted by Crippen LogP contribution is 2.35. The monoisotopic (exact) mass is 452 g/mol. The predicted molar refractivity (Wildman–Crippen MR) is 129 cm³/mol. The molecule has 0 radical (unpaired) electrons. The zero-order valence-corrected chi connectivity index (χ0v) is 19.1. The molecule has 1 amide bonds. The molecule has 2 aromatic carbocycles. The van der Waals surface area contributed by atoms with Gasteiger partial charge in [0.1, 0.15) is 23.1 Å². The van der Waals surface area contributed by atoms with E-state index in [1.807, 2.05) is 64.0 Å². The van der Waals surface area contributed by atoms with Gasteiger partial charge in [0.25, 0.3) is 5.91 Å². The zero-order chi connectivity index (χ0) is 23.5. The van der Waals surface area contributed by atoms with Crippen LogP contribution in [0.1, 0.15) is 31.6 Å². The van der Waals surface area contributed by atoms with Crippen molar-refractivity contribution in [1.29, 1.82) is 0 Å². The molecule has 0 spiro atoms. The van der Waals surface area contributed by atoms with Crippen molar-refractivity contribution >= 4 is 11.4 Å². The lowest BCUT2D eigenvalue weighted by Crippen LogP contribution is -2.30. The molecule has 1 fully saturated rings. The molecule has 1 aliphatic rings. The van der Waals surface area contributed by atoms with Crippen LogP contribution in [0.2, 0.25) is 0 Å². The van der Waals surface area contributed by atoms with E-state index in [1.54, 1.807) is 26.4 Å². The van der Waals surface area contributed by atoms with E-state index in [1.165, 1.54) is 0 Å². The third-order valence-corrected chi connectivity index (χ3v) is 5.94. The standard InChI is InChI=1S/C27H24N4O3/c1-3-5-25(32)30-16-4-6-23(30)27-29-26(24-18-28-15-17-31(24)27)19-7-9-21(10-8-19)34-22-13-11-20(33-2)12-14-22/h7-15,17-18,23H,4,6,16H2,1-2H3/t23-/m0/s1. The molecule has 1 aliphatic heterocycles. The lowest BCUT2D eigenvalue weighted by molar-refractivity contribution is -0.126. The van der Waals surface area contributed by atoms with Crippen LogP contribution in [0, 0.1) is 11.8 Å². The fourth-order valence-electron chi connectivity index (χ4n) is 4.33. The number of carbonyl (C=O) groups excluding carboxylic acids is 1. The molecule has 170 valence electrons. The molecule has 7 heteroatoms. The van der Waals surface area contributed by atoms with Crippen LogP contribution in [0.3, 0.4) is 0 Å². The van der Waals surface area contributed by atoms with Crippen molar-refractivity contribution in [1.82, 2.24) is 19.3 Å². The molecule has 1 atom stereocenters. The number of fused-ring (bicyclic) bond motifs is 1. The highest BCUT2D eigenvalue weighted by Gasteiger charge is 2.33. The van der Waals surface area contributed by atoms with Gasteiger partial charge in [0.15, 0.2) is 0 Å². The number of benzene rings is 2. The third kappa shape index (κ3) is 4.06. The first kappa shape index (κ1) is 21.5. The Morgan fingerprint density at radius 3 is 2.47 bits per heavy atom. The molecule has 0 unspecified atom stereocenters. The van der Waals surface area contributed by atoms with Gasteiger partial charge in [-0.15, -0.1) is 0 Å². The summed E-state index contributed by atoms with van der Waals surface area (Å²) in [6.07, 6.45) is 7.22. The molecule has 0 aliphatic carbocycles. The van der Waals surface area contributed by atoms with Crippen molar-refractivity contribution in [3.05, 3.63) is 72.9 Å². The first-order valence-electron chi connectivity index (χ1n) is 11.2. The first-order valence-corrected chi connectivity index (χ1v) is 11.2. The van der Waals surface area contributed by atoms with Crippen LogP contribution in [0.15, 0.2) is 67.1 Å². The maximum atomic E-state index is 12.5. The predicted octanol–water partition coefficient (Wildman–Crippen LogP) is 4.88. The molecular weight excluding hydrogens is 428 g/mol. The van der Waals surface area contributed by atoms with E-state index in [4.69, 9.17) is 14.5 Å². The smallest absolute Gasteiger partial charge is 0.299 e. The van der Waals surface area contributed by atoms with Gasteiger partial charge in [0.2, 0.25) is 0 Å². The fourth-order valence-corrected chi connectivity index (χ4v) is 4.33. The van der Waals surface area contributed by atoms with Crippen molar-refractivity contribution < 1.29 is 14.3 Å². The molecule has 34 heavy (non-hydrogen) atoms. The lowest BCUT2D eigenvalue weighted by Gasteiger charge is -2.21. The van der Waals surface area contributed by atoms with Gasteiger partial charge in [-0.05, 0) is 74.2 Å². The number of hydrogen-bond donors (Lipinski definition) is 0. The zero-order valence-electron chi connectivity index (χ0n) is 19.1. The van der Waals surface area contributed by atoms with E-state index < -0.39 is 0 Å². The van der Waals surface area contributed by atoms with Crippen LogP contribution in [0.4, 0.5) is 0 Å². The van der Waals surface area contributed by atoms with Gasteiger partial charge in [-0.2, -0.15) is 0 Å². The maximum absolute atomic E-state index is 12.5. The average molecular weight is 453 g/mol. The SMILES string of the molecule is CC#CC(=O)N1CCC[C@H]1c1nc(-c2ccc(Oc3ccc(OC)cc3)cc2)c2cnccn12. The molecule has 3 heterocycles. The van der Waals surface area contributed by atoms with E-state index in [-0.39, 0.29) is 11.9 Å². The van der Waals surface area contributed by atoms with E-state index in [0.717, 1.165) is 52.7 Å². The van der Waals surface area contributed by atoms with Crippen molar-refractivity contribution in [2.45, 2.75) is 25.8 Å². The summed E-state index contributed by atoms with van der Waals surface area (Å²) in [4.78, 5) is 23.7. The van der Waals surface area contributed by atoms with Gasteiger partial charge in [0, 0.05) is 24.5 Å². The van der Waals surface area contributed by atoms with Crippen molar-refractivity contribution in [3.63, 3.8) is 0 Å². The molecule has 0 N–H and O–H groups in total. The summed E-state index contributed by atoms with van der Waals surface area (Å²) in [6, 6.07) is 15.1. The Hall–Kier alpha value is -4.31. The number of aromatic nitrogens is 3. The topological polar surface area (TPSA) is 69.0 Å². The minimum absolute atomic E-state index is 0.116. The number of likely N-dealkylation sites (tertiary alicyclic amines) is 1. The summed E-state index contributed by atoms with van der Waals surface area (Å²) in [5.74, 6) is 8.30. The molecule has 4 aromatic rings. The molecule has 7 nitrogen and oxygen atoms in total. The van der Waals surface area contributed by atoms with Crippen LogP contribution in [-0.2, 0) is 4.79 Å². The van der Waals surface area contributed by atoms with Gasteiger partial charge in [-0.25, -0.2) is 4.98 Å². The fraction of sp³-hybridized carbons (Fsp3) is 0.222. The minimum atomic E-state index is -0.155. The number of nitrogens with zero attached hydrogens (tertiary/aromatic N) is 4. The Morgan fingerprint density at radius 2 is 1.76 bits per heavy atom. The number of methoxy groups -OCH3 is 1. The van der Waals surface area contributed by atoms with E-state index in [0.29, 0.717) is 6.54 Å². The Kier molecular flexibility index (Phi) is 5.88. The number of amides is 1. The molecule has 0 saturated carbocycles. The summed E-state index contributed by atoms with van der Waals surface area (Å²) in [5.41, 5.74) is 2.66. The summed E-state index contributed by atoms with van der Waals surface area (Å²) < 4.78 is 13.2. The van der Waals surface area contributed by atoms with Crippen LogP contribution >= 0.6 is 0 Å². The van der Waals surface area contributed by atoms with Crippen LogP contribution in [0.5, 0.6) is 17.2 Å². The molecular formula is C27H24N4O3. The lowest BCUT2D eigenvalue weighted by atomic mass is 10.1. The van der Waals surface area contributed by atoms with Crippen molar-refractivity contribution in [2.24, 2.45) is 0 Å². The number of ether oxygens (including phenoxy) is 2. The minimum Gasteiger partial charge on any atom is -0.497 e. The third-order valence-electron chi connectivity index (χ3n) is 5.94. The molecule has 0 bridgehead atoms. The number of carbonyl (C=O) groups is 1. The van der Waals surface area contributed by atoms with Crippen LogP contribution < -0.4 is 9.47 Å². The Morgan fingerprint density at radius 1 is 1.06 bits per heavy atom. The normalized spacial score (nSPS) is 15.1. The maximum Gasteiger partial charge on any atom is 0.299 e. The van der Waals surface area contributed by atoms with Gasteiger partial charge in [0.05, 0.1) is 30.6 Å². The largest absolute Gasteiger partial charge is 0.497 e. The molecule has 5 rings (SSSR count). The summed E-state index contributed by atoms with van der Waals surface area (Å²) in [6.45, 7) is 2.37. The van der Waals surface area contributed by atoms with Crippen molar-refractivity contribution in [3.8, 4) is 40.3 Å². The van der Waals surface area contributed by atoms with Gasteiger partial charge >= 0.3 is 0 Å². The Balaban J connectivity index is 1.46. The van der Waals surface area contributed by atoms with Gasteiger partial charge in [-0.3, -0.25) is 14.2 Å². The number of hydrogen-bond acceptors (Lipinski definition) is 5. The average Bonchev–Trinajstić information content (AvgIpc) is 3.50. The second-order valence-electron chi connectivity index (χ2n) is 7.98. The highest BCUT2D eigenvalue weighted by atomic mass is 16.5. The van der Waals surface area contributed by atoms with E-state index in [9.17, 15) is 4.79 Å².